The van der Waals surface area contributed by atoms with Crippen LogP contribution in [0, 0.1) is 0 Å². The molecule has 5 rings (SSSR count). The van der Waals surface area contributed by atoms with Crippen molar-refractivity contribution in [2.75, 3.05) is 59.0 Å². The van der Waals surface area contributed by atoms with Gasteiger partial charge in [-0.15, -0.1) is 0 Å². The lowest BCUT2D eigenvalue weighted by atomic mass is 10.1. The van der Waals surface area contributed by atoms with Crippen molar-refractivity contribution in [2.24, 2.45) is 0 Å². The van der Waals surface area contributed by atoms with Crippen LogP contribution in [-0.2, 0) is 9.53 Å². The fraction of sp³-hybridized carbons (Fsp3) is 0.360. The number of hydrogen-bond acceptors (Lipinski definition) is 6. The van der Waals surface area contributed by atoms with E-state index in [2.05, 4.69) is 9.88 Å². The lowest BCUT2D eigenvalue weighted by Gasteiger charge is -2.36. The fourth-order valence-corrected chi connectivity index (χ4v) is 4.34. The second-order valence-electron chi connectivity index (χ2n) is 8.47. The molecule has 0 bridgehead atoms. The summed E-state index contributed by atoms with van der Waals surface area (Å²) in [5.74, 6) is 0.0308. The normalized spacial score (nSPS) is 17.1. The minimum atomic E-state index is -0.0821. The molecule has 0 atom stereocenters. The number of pyridine rings is 1. The second kappa shape index (κ2) is 10.1. The van der Waals surface area contributed by atoms with Gasteiger partial charge in [0.2, 0.25) is 5.91 Å². The summed E-state index contributed by atoms with van der Waals surface area (Å²) in [4.78, 5) is 36.3. The number of morpholine rings is 1. The van der Waals surface area contributed by atoms with Crippen molar-refractivity contribution in [1.82, 2.24) is 29.5 Å². The monoisotopic (exact) mass is 460 g/mol. The van der Waals surface area contributed by atoms with Crippen molar-refractivity contribution in [1.29, 1.82) is 0 Å². The molecule has 2 aliphatic heterocycles. The number of carbonyl (C=O) groups excluding carboxylic acids is 2. The van der Waals surface area contributed by atoms with E-state index in [9.17, 15) is 9.59 Å². The Morgan fingerprint density at radius 3 is 2.32 bits per heavy atom. The lowest BCUT2D eigenvalue weighted by Crippen LogP contribution is -2.53. The molecule has 2 amide bonds. The molecule has 3 aromatic rings. The van der Waals surface area contributed by atoms with Gasteiger partial charge in [-0.3, -0.25) is 19.5 Å². The molecule has 2 fully saturated rings. The Morgan fingerprint density at radius 1 is 0.882 bits per heavy atom. The molecule has 0 spiro atoms. The van der Waals surface area contributed by atoms with Gasteiger partial charge in [-0.25, -0.2) is 4.68 Å². The van der Waals surface area contributed by atoms with E-state index in [1.807, 2.05) is 52.3 Å². The summed E-state index contributed by atoms with van der Waals surface area (Å²) >= 11 is 0. The number of piperazine rings is 1. The van der Waals surface area contributed by atoms with Crippen molar-refractivity contribution in [3.05, 3.63) is 66.6 Å². The number of amides is 2. The average Bonchev–Trinajstić information content (AvgIpc) is 3.36. The zero-order valence-electron chi connectivity index (χ0n) is 19.0. The molecule has 0 aliphatic carbocycles. The van der Waals surface area contributed by atoms with Crippen LogP contribution in [0.25, 0.3) is 16.9 Å². The van der Waals surface area contributed by atoms with Crippen LogP contribution < -0.4 is 0 Å². The zero-order valence-corrected chi connectivity index (χ0v) is 19.0. The molecular formula is C25H28N6O3. The van der Waals surface area contributed by atoms with Gasteiger partial charge in [0.1, 0.15) is 5.69 Å². The topological polar surface area (TPSA) is 83.8 Å². The number of ether oxygens (including phenoxy) is 1. The summed E-state index contributed by atoms with van der Waals surface area (Å²) in [7, 11) is 0. The Labute approximate surface area is 198 Å². The molecule has 2 saturated heterocycles. The highest BCUT2D eigenvalue weighted by molar-refractivity contribution is 6.00. The van der Waals surface area contributed by atoms with Crippen LogP contribution in [0.1, 0.15) is 10.4 Å². The van der Waals surface area contributed by atoms with Crippen LogP contribution in [0.2, 0.25) is 0 Å². The molecule has 0 N–H and O–H groups in total. The first kappa shape index (κ1) is 22.2. The van der Waals surface area contributed by atoms with Crippen molar-refractivity contribution in [3.63, 3.8) is 0 Å². The van der Waals surface area contributed by atoms with E-state index in [1.54, 1.807) is 23.3 Å². The number of benzene rings is 1. The Kier molecular flexibility index (Phi) is 6.64. The summed E-state index contributed by atoms with van der Waals surface area (Å²) in [5, 5.41) is 4.72. The standard InChI is InChI=1S/C25H28N6O3/c32-23(19-28-13-15-34-16-14-28)29-9-11-30(12-10-29)25(33)22-18-31(21-6-2-1-3-7-21)27-24(22)20-5-4-8-26-17-20/h1-8,17-18H,9-16,19H2. The summed E-state index contributed by atoms with van der Waals surface area (Å²) < 4.78 is 7.09. The summed E-state index contributed by atoms with van der Waals surface area (Å²) in [6.45, 7) is 5.38. The number of hydrogen-bond donors (Lipinski definition) is 0. The van der Waals surface area contributed by atoms with E-state index in [0.717, 1.165) is 24.3 Å². The number of aromatic nitrogens is 3. The molecule has 4 heterocycles. The molecule has 2 aromatic heterocycles. The molecule has 9 heteroatoms. The molecule has 1 aromatic carbocycles. The van der Waals surface area contributed by atoms with Crippen molar-refractivity contribution in [3.8, 4) is 16.9 Å². The minimum Gasteiger partial charge on any atom is -0.379 e. The van der Waals surface area contributed by atoms with Gasteiger partial charge in [0, 0.05) is 63.4 Å². The summed E-state index contributed by atoms with van der Waals surface area (Å²) in [5.41, 5.74) is 2.81. The molecule has 2 aliphatic rings. The number of nitrogens with zero attached hydrogens (tertiary/aromatic N) is 6. The number of rotatable bonds is 5. The first-order valence-corrected chi connectivity index (χ1v) is 11.6. The van der Waals surface area contributed by atoms with Gasteiger partial charge < -0.3 is 14.5 Å². The van der Waals surface area contributed by atoms with Gasteiger partial charge in [0.25, 0.3) is 5.91 Å². The Morgan fingerprint density at radius 2 is 1.62 bits per heavy atom. The molecule has 0 saturated carbocycles. The van der Waals surface area contributed by atoms with E-state index >= 15 is 0 Å². The van der Waals surface area contributed by atoms with Gasteiger partial charge in [0.05, 0.1) is 31.0 Å². The molecular weight excluding hydrogens is 432 g/mol. The van der Waals surface area contributed by atoms with Crippen LogP contribution in [0.15, 0.2) is 61.1 Å². The molecule has 34 heavy (non-hydrogen) atoms. The third-order valence-corrected chi connectivity index (χ3v) is 6.28. The maximum Gasteiger partial charge on any atom is 0.257 e. The van der Waals surface area contributed by atoms with Gasteiger partial charge >= 0.3 is 0 Å². The molecule has 0 radical (unpaired) electrons. The minimum absolute atomic E-state index is 0.0821. The SMILES string of the molecule is O=C(CN1CCOCC1)N1CCN(C(=O)c2cn(-c3ccccc3)nc2-c2cccnc2)CC1. The predicted molar refractivity (Wildman–Crippen MR) is 127 cm³/mol. The maximum absolute atomic E-state index is 13.6. The van der Waals surface area contributed by atoms with Gasteiger partial charge in [-0.1, -0.05) is 18.2 Å². The Bertz CT molecular complexity index is 1120. The highest BCUT2D eigenvalue weighted by atomic mass is 16.5. The van der Waals surface area contributed by atoms with E-state index in [0.29, 0.717) is 57.2 Å². The fourth-order valence-electron chi connectivity index (χ4n) is 4.34. The maximum atomic E-state index is 13.6. The van der Waals surface area contributed by atoms with Crippen LogP contribution in [0.4, 0.5) is 0 Å². The highest BCUT2D eigenvalue weighted by Gasteiger charge is 2.29. The third-order valence-electron chi connectivity index (χ3n) is 6.28. The zero-order chi connectivity index (χ0) is 23.3. The first-order chi connectivity index (χ1) is 16.7. The van der Waals surface area contributed by atoms with Gasteiger partial charge in [-0.2, -0.15) is 5.10 Å². The second-order valence-corrected chi connectivity index (χ2v) is 8.47. The third kappa shape index (κ3) is 4.85. The smallest absolute Gasteiger partial charge is 0.257 e. The highest BCUT2D eigenvalue weighted by Crippen LogP contribution is 2.25. The first-order valence-electron chi connectivity index (χ1n) is 11.6. The van der Waals surface area contributed by atoms with Crippen molar-refractivity contribution >= 4 is 11.8 Å². The largest absolute Gasteiger partial charge is 0.379 e. The van der Waals surface area contributed by atoms with E-state index < -0.39 is 0 Å². The van der Waals surface area contributed by atoms with E-state index in [4.69, 9.17) is 9.84 Å². The molecule has 176 valence electrons. The summed E-state index contributed by atoms with van der Waals surface area (Å²) in [6, 6.07) is 13.5. The van der Waals surface area contributed by atoms with Gasteiger partial charge in [-0.05, 0) is 24.3 Å². The average molecular weight is 461 g/mol. The van der Waals surface area contributed by atoms with Gasteiger partial charge in [0.15, 0.2) is 0 Å². The van der Waals surface area contributed by atoms with Crippen LogP contribution >= 0.6 is 0 Å². The van der Waals surface area contributed by atoms with Crippen molar-refractivity contribution in [2.45, 2.75) is 0 Å². The van der Waals surface area contributed by atoms with E-state index in [1.165, 1.54) is 0 Å². The lowest BCUT2D eigenvalue weighted by molar-refractivity contribution is -0.134. The quantitative estimate of drug-likeness (QED) is 0.575. The Balaban J connectivity index is 1.30. The predicted octanol–water partition coefficient (Wildman–Crippen LogP) is 1.55. The van der Waals surface area contributed by atoms with Crippen LogP contribution in [0.5, 0.6) is 0 Å². The Hall–Kier alpha value is -3.56. The number of para-hydroxylation sites is 1. The molecule has 0 unspecified atom stereocenters. The van der Waals surface area contributed by atoms with Crippen LogP contribution in [-0.4, -0.2) is 100 Å². The van der Waals surface area contributed by atoms with Crippen LogP contribution in [0.3, 0.4) is 0 Å². The molecule has 9 nitrogen and oxygen atoms in total. The van der Waals surface area contributed by atoms with E-state index in [-0.39, 0.29) is 11.8 Å². The van der Waals surface area contributed by atoms with Crippen molar-refractivity contribution < 1.29 is 14.3 Å². The number of carbonyl (C=O) groups is 2. The summed E-state index contributed by atoms with van der Waals surface area (Å²) in [6.07, 6.45) is 5.21.